The molecule has 0 unspecified atom stereocenters. The number of piperidine rings is 1. The highest BCUT2D eigenvalue weighted by molar-refractivity contribution is 7.90. The Morgan fingerprint density at radius 1 is 0.494 bits per heavy atom. The average Bonchev–Trinajstić information content (AvgIpc) is 4.48. The normalized spacial score (nSPS) is 14.7. The maximum Gasteiger partial charge on any atom is 0.410 e. The van der Waals surface area contributed by atoms with Crippen molar-refractivity contribution in [1.29, 1.82) is 0 Å². The highest BCUT2D eigenvalue weighted by atomic mass is 35.5. The van der Waals surface area contributed by atoms with Crippen LogP contribution in [0.3, 0.4) is 0 Å². The van der Waals surface area contributed by atoms with E-state index >= 15 is 0 Å². The summed E-state index contributed by atoms with van der Waals surface area (Å²) in [5.74, 6) is 0. The molecule has 3 fully saturated rings. The topological polar surface area (TPSA) is 216 Å². The van der Waals surface area contributed by atoms with E-state index in [0.29, 0.717) is 53.5 Å². The van der Waals surface area contributed by atoms with Crippen molar-refractivity contribution in [2.45, 2.75) is 75.2 Å². The summed E-state index contributed by atoms with van der Waals surface area (Å²) in [6.45, 7) is 14.0. The standard InChI is InChI=1S/C22H26N4O4S.C17H18N4O2S.C13H9ClN2O2S.C5H11N.2CH4.B.H2/c1-22(2,3)30-21(27)25-15-13-24(14-16-25)19-9-11-23-20-18(19)10-12-26(20)31(28,29)17-7-5-4-6-8-17;22-24(23,14-4-2-1-3-5-14)21-11-7-15-16(6-8-19-17(15)21)20-12-9-18-10-13-20;14-12-6-8-15-13-11(12)7-9-16(13)19(17,18)10-4-2-1-3-5-10;1-2-4-6-5-3-1;;;;/h4-12H,13-16H2,1-3H3;1-8,11,18H,9-10,12-13H2;1-9H;6H,1-5H2;2*1H4;;1H/i;;;;;;;1+1. The van der Waals surface area contributed by atoms with Gasteiger partial charge in [0, 0.05) is 127 Å². The first-order valence-corrected chi connectivity index (χ1v) is 31.0. The summed E-state index contributed by atoms with van der Waals surface area (Å²) < 4.78 is 86.0. The van der Waals surface area contributed by atoms with Crippen LogP contribution in [0, 0.1) is 0 Å². The van der Waals surface area contributed by atoms with Crippen LogP contribution in [0.2, 0.25) is 5.02 Å². The van der Waals surface area contributed by atoms with E-state index in [1.807, 2.05) is 39.0 Å². The van der Waals surface area contributed by atoms with Crippen LogP contribution in [0.15, 0.2) is 179 Å². The van der Waals surface area contributed by atoms with Crippen LogP contribution in [0.1, 0.15) is 56.3 Å². The van der Waals surface area contributed by atoms with E-state index in [0.717, 1.165) is 52.3 Å². The number of rotatable bonds is 8. The predicted octanol–water partition coefficient (Wildman–Crippen LogP) is 9.84. The van der Waals surface area contributed by atoms with Crippen LogP contribution in [0.5, 0.6) is 0 Å². The average molecular weight is 1210 g/mol. The number of nitrogens with one attached hydrogen (secondary N) is 2. The number of fused-ring (bicyclic) bond motifs is 3. The Hall–Kier alpha value is -7.28. The highest BCUT2D eigenvalue weighted by Gasteiger charge is 2.29. The van der Waals surface area contributed by atoms with Crippen molar-refractivity contribution in [2.24, 2.45) is 0 Å². The van der Waals surface area contributed by atoms with Crippen molar-refractivity contribution in [2.75, 3.05) is 75.2 Å². The van der Waals surface area contributed by atoms with Gasteiger partial charge in [0.2, 0.25) is 0 Å². The minimum Gasteiger partial charge on any atom is -0.444 e. The molecule has 3 aliphatic heterocycles. The largest absolute Gasteiger partial charge is 0.444 e. The second-order valence-corrected chi connectivity index (χ2v) is 25.8. The molecule has 9 aromatic rings. The Labute approximate surface area is 496 Å². The molecule has 0 atom stereocenters. The summed E-state index contributed by atoms with van der Waals surface area (Å²) in [6, 6.07) is 35.7. The molecule has 0 bridgehead atoms. The highest BCUT2D eigenvalue weighted by Crippen LogP contribution is 2.32. The van der Waals surface area contributed by atoms with E-state index in [4.69, 9.17) is 16.3 Å². The quantitative estimate of drug-likeness (QED) is 0.135. The monoisotopic (exact) mass is 1210 g/mol. The van der Waals surface area contributed by atoms with E-state index in [2.05, 4.69) is 35.4 Å². The van der Waals surface area contributed by atoms with E-state index in [9.17, 15) is 30.0 Å². The number of hydrogen-bond donors (Lipinski definition) is 2. The molecular weight excluding hydrogens is 1130 g/mol. The lowest BCUT2D eigenvalue weighted by Gasteiger charge is -2.37. The lowest BCUT2D eigenvalue weighted by Crippen LogP contribution is -2.50. The number of aromatic nitrogens is 6. The van der Waals surface area contributed by atoms with Gasteiger partial charge in [0.25, 0.3) is 30.1 Å². The molecule has 12 rings (SSSR count). The smallest absolute Gasteiger partial charge is 0.410 e. The SMILES string of the molecule is C.C.C1CCNCC1.CC(C)(C)OC(=O)N1CCN(c2ccnc3c2ccn3S(=O)(=O)c2ccccc2)CC1.O=S(=O)(c1ccccc1)n1ccc2c(Cl)ccnc21.O=S(=O)(c1ccccc1)n1ccc2c(N3CCNCC3)ccnc21.[2HH].[B]. The lowest BCUT2D eigenvalue weighted by molar-refractivity contribution is 0.0240. The minimum absolute atomic E-state index is 0. The van der Waals surface area contributed by atoms with Crippen LogP contribution in [-0.2, 0) is 34.8 Å². The van der Waals surface area contributed by atoms with Gasteiger partial charge in [-0.2, -0.15) is 0 Å². The van der Waals surface area contributed by atoms with Gasteiger partial charge in [-0.05, 0) is 119 Å². The van der Waals surface area contributed by atoms with Gasteiger partial charge in [0.05, 0.1) is 19.7 Å². The molecule has 9 heterocycles. The first-order valence-electron chi connectivity index (χ1n) is 26.3. The molecule has 3 aromatic carbocycles. The van der Waals surface area contributed by atoms with Gasteiger partial charge >= 0.3 is 6.09 Å². The molecule has 19 nitrogen and oxygen atoms in total. The minimum atomic E-state index is -3.74. The van der Waals surface area contributed by atoms with Gasteiger partial charge in [-0.1, -0.05) is 87.5 Å². The first-order chi connectivity index (χ1) is 38.4. The fourth-order valence-corrected chi connectivity index (χ4v) is 13.6. The second-order valence-electron chi connectivity index (χ2n) is 20.0. The van der Waals surface area contributed by atoms with Gasteiger partial charge in [-0.3, -0.25) is 0 Å². The fraction of sp³-hybridized carbons (Fsp3) is 0.322. The number of carbonyl (C=O) groups excluding carboxylic acids is 1. The molecule has 0 spiro atoms. The van der Waals surface area contributed by atoms with E-state index in [1.54, 1.807) is 139 Å². The Bertz CT molecular complexity index is 3900. The van der Waals surface area contributed by atoms with Crippen molar-refractivity contribution in [3.05, 3.63) is 170 Å². The van der Waals surface area contributed by atoms with Crippen LogP contribution in [0.25, 0.3) is 33.1 Å². The van der Waals surface area contributed by atoms with Crippen LogP contribution in [-0.4, -0.2) is 143 Å². The van der Waals surface area contributed by atoms with Gasteiger partial charge in [0.1, 0.15) is 5.60 Å². The van der Waals surface area contributed by atoms with Crippen molar-refractivity contribution in [3.8, 4) is 0 Å². The summed E-state index contributed by atoms with van der Waals surface area (Å²) in [5, 5.41) is 9.32. The van der Waals surface area contributed by atoms with E-state index in [-0.39, 0.29) is 45.5 Å². The van der Waals surface area contributed by atoms with Crippen molar-refractivity contribution in [3.63, 3.8) is 0 Å². The van der Waals surface area contributed by atoms with Gasteiger partial charge < -0.3 is 30.1 Å². The summed E-state index contributed by atoms with van der Waals surface area (Å²) in [5.41, 5.74) is 2.58. The van der Waals surface area contributed by atoms with E-state index < -0.39 is 35.7 Å². The molecular formula is C59H74BClN11O8S3. The third kappa shape index (κ3) is 14.9. The number of anilines is 2. The molecule has 3 saturated heterocycles. The first kappa shape index (κ1) is 64.9. The number of piperazine rings is 2. The molecule has 441 valence electrons. The van der Waals surface area contributed by atoms with Crippen LogP contribution >= 0.6 is 11.6 Å². The molecule has 3 aliphatic rings. The van der Waals surface area contributed by atoms with Crippen molar-refractivity contribution in [1.82, 2.24) is 42.4 Å². The summed E-state index contributed by atoms with van der Waals surface area (Å²) >= 11 is 6.02. The summed E-state index contributed by atoms with van der Waals surface area (Å²) in [7, 11) is -11.0. The Morgan fingerprint density at radius 3 is 1.23 bits per heavy atom. The molecule has 1 amide bonds. The molecule has 0 aliphatic carbocycles. The summed E-state index contributed by atoms with van der Waals surface area (Å²) in [6.07, 6.45) is 13.3. The number of carbonyl (C=O) groups is 1. The second kappa shape index (κ2) is 28.3. The zero-order valence-electron chi connectivity index (χ0n) is 45.3. The maximum atomic E-state index is 13.1. The number of hydrogen-bond acceptors (Lipinski definition) is 15. The number of pyridine rings is 3. The number of ether oxygens (including phenoxy) is 1. The maximum absolute atomic E-state index is 13.1. The molecule has 0 saturated carbocycles. The van der Waals surface area contributed by atoms with Crippen LogP contribution < -0.4 is 20.4 Å². The molecule has 83 heavy (non-hydrogen) atoms. The Kier molecular flexibility index (Phi) is 22.2. The molecule has 2 N–H and O–H groups in total. The van der Waals surface area contributed by atoms with Crippen molar-refractivity contribution >= 4 is 101 Å². The molecule has 6 aromatic heterocycles. The van der Waals surface area contributed by atoms with Crippen molar-refractivity contribution < 1.29 is 36.2 Å². The molecule has 3 radical (unpaired) electrons. The third-order valence-electron chi connectivity index (χ3n) is 13.4. The number of amides is 1. The third-order valence-corrected chi connectivity index (χ3v) is 18.8. The van der Waals surface area contributed by atoms with Gasteiger partial charge in [0.15, 0.2) is 16.9 Å². The Morgan fingerprint density at radius 2 is 0.855 bits per heavy atom. The van der Waals surface area contributed by atoms with Gasteiger partial charge in [-0.25, -0.2) is 56.9 Å². The Balaban J connectivity index is 0.000000219. The molecule has 24 heteroatoms. The van der Waals surface area contributed by atoms with E-state index in [1.165, 1.54) is 52.7 Å². The number of nitrogens with zero attached hydrogens (tertiary/aromatic N) is 9. The number of benzene rings is 3. The zero-order valence-corrected chi connectivity index (χ0v) is 48.5. The zero-order chi connectivity index (χ0) is 56.5. The summed E-state index contributed by atoms with van der Waals surface area (Å²) in [4.78, 5) is 31.9. The van der Waals surface area contributed by atoms with Gasteiger partial charge in [-0.15, -0.1) is 0 Å². The number of halogens is 1. The fourth-order valence-electron chi connectivity index (χ4n) is 9.40. The predicted molar refractivity (Wildman–Crippen MR) is 334 cm³/mol. The lowest BCUT2D eigenvalue weighted by atomic mass is 10.2. The van der Waals surface area contributed by atoms with Crippen LogP contribution in [0.4, 0.5) is 16.2 Å².